The average molecular weight is 317 g/mol. The number of rotatable bonds is 3. The molecule has 1 aliphatic heterocycles. The van der Waals surface area contributed by atoms with Crippen molar-refractivity contribution >= 4 is 34.8 Å². The minimum absolute atomic E-state index is 0.0445. The van der Waals surface area contributed by atoms with Crippen LogP contribution in [0.2, 0.25) is 10.0 Å². The second kappa shape index (κ2) is 6.66. The fourth-order valence-corrected chi connectivity index (χ4v) is 2.85. The fraction of sp³-hybridized carbons (Fsp3) is 0.500. The maximum Gasteiger partial charge on any atom is 0.242 e. The zero-order valence-electron chi connectivity index (χ0n) is 11.5. The van der Waals surface area contributed by atoms with E-state index in [1.807, 2.05) is 18.7 Å². The van der Waals surface area contributed by atoms with Crippen LogP contribution in [0.3, 0.4) is 0 Å². The number of amides is 1. The van der Waals surface area contributed by atoms with Crippen LogP contribution in [-0.4, -0.2) is 42.6 Å². The molecular weight excluding hydrogens is 299 g/mol. The van der Waals surface area contributed by atoms with Gasteiger partial charge in [0, 0.05) is 28.8 Å². The lowest BCUT2D eigenvalue weighted by molar-refractivity contribution is -0.141. The third-order valence-corrected chi connectivity index (χ3v) is 3.52. The van der Waals surface area contributed by atoms with Crippen molar-refractivity contribution in [3.63, 3.8) is 0 Å². The molecule has 1 N–H and O–H groups in total. The summed E-state index contributed by atoms with van der Waals surface area (Å²) in [6.07, 6.45) is 0.145. The van der Waals surface area contributed by atoms with E-state index in [4.69, 9.17) is 27.9 Å². The van der Waals surface area contributed by atoms with Crippen molar-refractivity contribution in [2.24, 2.45) is 0 Å². The van der Waals surface area contributed by atoms with Gasteiger partial charge in [-0.05, 0) is 32.0 Å². The maximum atomic E-state index is 12.2. The number of halogens is 2. The minimum atomic E-state index is 0.0445. The second-order valence-electron chi connectivity index (χ2n) is 5.07. The highest BCUT2D eigenvalue weighted by Crippen LogP contribution is 2.22. The molecule has 0 bridgehead atoms. The Kier molecular flexibility index (Phi) is 5.13. The molecule has 0 aromatic heterocycles. The predicted molar refractivity (Wildman–Crippen MR) is 81.5 cm³/mol. The summed E-state index contributed by atoms with van der Waals surface area (Å²) in [5.74, 6) is 0.0445. The Balaban J connectivity index is 1.91. The van der Waals surface area contributed by atoms with Crippen LogP contribution >= 0.6 is 23.2 Å². The number of nitrogens with zero attached hydrogens (tertiary/aromatic N) is 1. The van der Waals surface area contributed by atoms with Gasteiger partial charge in [-0.2, -0.15) is 0 Å². The third kappa shape index (κ3) is 4.27. The zero-order chi connectivity index (χ0) is 14.7. The lowest BCUT2D eigenvalue weighted by Gasteiger charge is -2.35. The van der Waals surface area contributed by atoms with Gasteiger partial charge in [-0.25, -0.2) is 0 Å². The number of benzene rings is 1. The Bertz CT molecular complexity index is 466. The van der Waals surface area contributed by atoms with Crippen molar-refractivity contribution in [2.45, 2.75) is 26.1 Å². The highest BCUT2D eigenvalue weighted by atomic mass is 35.5. The molecule has 1 aliphatic rings. The van der Waals surface area contributed by atoms with E-state index in [1.54, 1.807) is 18.2 Å². The number of ether oxygens (including phenoxy) is 1. The molecule has 110 valence electrons. The predicted octanol–water partition coefficient (Wildman–Crippen LogP) is 3.04. The van der Waals surface area contributed by atoms with Gasteiger partial charge < -0.3 is 15.0 Å². The molecule has 1 aromatic rings. The van der Waals surface area contributed by atoms with Gasteiger partial charge in [0.15, 0.2) is 0 Å². The van der Waals surface area contributed by atoms with E-state index >= 15 is 0 Å². The van der Waals surface area contributed by atoms with Crippen molar-refractivity contribution in [1.29, 1.82) is 0 Å². The summed E-state index contributed by atoms with van der Waals surface area (Å²) >= 11 is 11.8. The first-order valence-electron chi connectivity index (χ1n) is 6.57. The summed E-state index contributed by atoms with van der Waals surface area (Å²) < 4.78 is 5.61. The Labute approximate surface area is 129 Å². The van der Waals surface area contributed by atoms with E-state index in [-0.39, 0.29) is 24.7 Å². The third-order valence-electron chi connectivity index (χ3n) is 3.08. The largest absolute Gasteiger partial charge is 0.376 e. The molecule has 4 nitrogen and oxygen atoms in total. The van der Waals surface area contributed by atoms with Gasteiger partial charge in [-0.1, -0.05) is 23.2 Å². The molecule has 2 unspecified atom stereocenters. The molecule has 1 amide bonds. The van der Waals surface area contributed by atoms with Crippen LogP contribution in [0.25, 0.3) is 0 Å². The molecule has 1 heterocycles. The number of hydrogen-bond donors (Lipinski definition) is 1. The molecule has 2 atom stereocenters. The van der Waals surface area contributed by atoms with Crippen LogP contribution in [0.1, 0.15) is 13.8 Å². The Morgan fingerprint density at radius 1 is 1.25 bits per heavy atom. The molecule has 0 aliphatic carbocycles. The van der Waals surface area contributed by atoms with Crippen molar-refractivity contribution in [1.82, 2.24) is 4.90 Å². The summed E-state index contributed by atoms with van der Waals surface area (Å²) in [5.41, 5.74) is 0.741. The SMILES string of the molecule is CC1CN(C(=O)CNc2cc(Cl)cc(Cl)c2)CC(C)O1. The van der Waals surface area contributed by atoms with Gasteiger partial charge in [0.1, 0.15) is 0 Å². The monoisotopic (exact) mass is 316 g/mol. The molecule has 1 fully saturated rings. The van der Waals surface area contributed by atoms with Crippen LogP contribution in [0.4, 0.5) is 5.69 Å². The molecular formula is C14H18Cl2N2O2. The maximum absolute atomic E-state index is 12.2. The number of hydrogen-bond acceptors (Lipinski definition) is 3. The number of nitrogens with one attached hydrogen (secondary N) is 1. The van der Waals surface area contributed by atoms with Gasteiger partial charge in [0.05, 0.1) is 18.8 Å². The van der Waals surface area contributed by atoms with E-state index in [0.717, 1.165) is 5.69 Å². The molecule has 0 spiro atoms. The molecule has 2 rings (SSSR count). The number of carbonyl (C=O) groups is 1. The number of morpholine rings is 1. The first kappa shape index (κ1) is 15.4. The van der Waals surface area contributed by atoms with Crippen molar-refractivity contribution in [2.75, 3.05) is 25.0 Å². The van der Waals surface area contributed by atoms with E-state index < -0.39 is 0 Å². The standard InChI is InChI=1S/C14H18Cl2N2O2/c1-9-7-18(8-10(2)20-9)14(19)6-17-13-4-11(15)3-12(16)5-13/h3-5,9-10,17H,6-8H2,1-2H3. The zero-order valence-corrected chi connectivity index (χ0v) is 13.0. The van der Waals surface area contributed by atoms with E-state index in [1.165, 1.54) is 0 Å². The smallest absolute Gasteiger partial charge is 0.242 e. The van der Waals surface area contributed by atoms with E-state index in [0.29, 0.717) is 23.1 Å². The summed E-state index contributed by atoms with van der Waals surface area (Å²) in [6.45, 7) is 5.42. The number of carbonyl (C=O) groups excluding carboxylic acids is 1. The van der Waals surface area contributed by atoms with E-state index in [9.17, 15) is 4.79 Å². The topological polar surface area (TPSA) is 41.6 Å². The van der Waals surface area contributed by atoms with Crippen LogP contribution < -0.4 is 5.32 Å². The van der Waals surface area contributed by atoms with Crippen molar-refractivity contribution in [3.8, 4) is 0 Å². The van der Waals surface area contributed by atoms with Crippen molar-refractivity contribution < 1.29 is 9.53 Å². The minimum Gasteiger partial charge on any atom is -0.376 e. The summed E-state index contributed by atoms with van der Waals surface area (Å²) in [5, 5.41) is 4.14. The van der Waals surface area contributed by atoms with Crippen LogP contribution in [0, 0.1) is 0 Å². The molecule has 0 saturated carbocycles. The summed E-state index contributed by atoms with van der Waals surface area (Å²) in [6, 6.07) is 5.14. The summed E-state index contributed by atoms with van der Waals surface area (Å²) in [7, 11) is 0. The Hall–Kier alpha value is -0.970. The van der Waals surface area contributed by atoms with E-state index in [2.05, 4.69) is 5.32 Å². The van der Waals surface area contributed by atoms with Gasteiger partial charge in [-0.15, -0.1) is 0 Å². The molecule has 0 radical (unpaired) electrons. The fourth-order valence-electron chi connectivity index (χ4n) is 2.33. The summed E-state index contributed by atoms with van der Waals surface area (Å²) in [4.78, 5) is 14.0. The first-order valence-corrected chi connectivity index (χ1v) is 7.33. The Morgan fingerprint density at radius 3 is 2.35 bits per heavy atom. The molecule has 20 heavy (non-hydrogen) atoms. The normalized spacial score (nSPS) is 22.7. The van der Waals surface area contributed by atoms with Gasteiger partial charge in [0.2, 0.25) is 5.91 Å². The second-order valence-corrected chi connectivity index (χ2v) is 5.94. The lowest BCUT2D eigenvalue weighted by Crippen LogP contribution is -2.49. The van der Waals surface area contributed by atoms with Gasteiger partial charge in [-0.3, -0.25) is 4.79 Å². The Morgan fingerprint density at radius 2 is 1.80 bits per heavy atom. The highest BCUT2D eigenvalue weighted by Gasteiger charge is 2.25. The highest BCUT2D eigenvalue weighted by molar-refractivity contribution is 6.35. The van der Waals surface area contributed by atoms with Crippen LogP contribution in [0.15, 0.2) is 18.2 Å². The van der Waals surface area contributed by atoms with Gasteiger partial charge >= 0.3 is 0 Å². The molecule has 6 heteroatoms. The average Bonchev–Trinajstić information content (AvgIpc) is 2.33. The lowest BCUT2D eigenvalue weighted by atomic mass is 10.2. The van der Waals surface area contributed by atoms with Crippen LogP contribution in [-0.2, 0) is 9.53 Å². The quantitative estimate of drug-likeness (QED) is 0.932. The van der Waals surface area contributed by atoms with Crippen LogP contribution in [0.5, 0.6) is 0 Å². The first-order chi connectivity index (χ1) is 9.44. The molecule has 1 saturated heterocycles. The number of anilines is 1. The van der Waals surface area contributed by atoms with Gasteiger partial charge in [0.25, 0.3) is 0 Å². The molecule has 1 aromatic carbocycles. The van der Waals surface area contributed by atoms with Crippen molar-refractivity contribution in [3.05, 3.63) is 28.2 Å².